The van der Waals surface area contributed by atoms with Crippen LogP contribution in [0.1, 0.15) is 69.9 Å². The minimum atomic E-state index is -0.0324. The third-order valence-electron chi connectivity index (χ3n) is 6.08. The van der Waals surface area contributed by atoms with Crippen LogP contribution in [0.15, 0.2) is 48.5 Å². The van der Waals surface area contributed by atoms with Gasteiger partial charge in [0.25, 0.3) is 0 Å². The molecular weight excluding hydrogens is 346 g/mol. The van der Waals surface area contributed by atoms with Crippen molar-refractivity contribution in [2.24, 2.45) is 0 Å². The fourth-order valence-electron chi connectivity index (χ4n) is 4.08. The summed E-state index contributed by atoms with van der Waals surface area (Å²) in [6, 6.07) is 17.0. The Bertz CT molecular complexity index is 734. The molecule has 1 aliphatic rings. The molecule has 3 heteroatoms. The average Bonchev–Trinajstić information content (AvgIpc) is 2.73. The Morgan fingerprint density at radius 2 is 1.79 bits per heavy atom. The van der Waals surface area contributed by atoms with Crippen molar-refractivity contribution >= 4 is 0 Å². The largest absolute Gasteiger partial charge is 0.492 e. The van der Waals surface area contributed by atoms with Crippen LogP contribution in [0, 0.1) is 0 Å². The topological polar surface area (TPSA) is 30.5 Å². The summed E-state index contributed by atoms with van der Waals surface area (Å²) in [7, 11) is 0. The summed E-state index contributed by atoms with van der Waals surface area (Å²) in [5.41, 5.74) is 2.65. The van der Waals surface area contributed by atoms with Gasteiger partial charge in [-0.25, -0.2) is 0 Å². The second kappa shape index (κ2) is 9.47. The van der Waals surface area contributed by atoms with E-state index in [1.165, 1.54) is 11.1 Å². The summed E-state index contributed by atoms with van der Waals surface area (Å²) >= 11 is 0. The van der Waals surface area contributed by atoms with Crippen LogP contribution in [0.5, 0.6) is 11.5 Å². The van der Waals surface area contributed by atoms with E-state index in [4.69, 9.17) is 9.47 Å². The van der Waals surface area contributed by atoms with Gasteiger partial charge in [-0.15, -0.1) is 0 Å². The van der Waals surface area contributed by atoms with Gasteiger partial charge in [0, 0.05) is 19.0 Å². The number of fused-ring (bicyclic) bond motifs is 1. The predicted octanol–water partition coefficient (Wildman–Crippen LogP) is 5.90. The van der Waals surface area contributed by atoms with E-state index < -0.39 is 0 Å². The minimum absolute atomic E-state index is 0.0324. The molecule has 152 valence electrons. The zero-order chi connectivity index (χ0) is 20.0. The maximum absolute atomic E-state index is 6.41. The summed E-state index contributed by atoms with van der Waals surface area (Å²) in [6.07, 6.45) is 3.16. The molecule has 0 fully saturated rings. The van der Waals surface area contributed by atoms with Crippen molar-refractivity contribution in [3.05, 3.63) is 59.7 Å². The number of para-hydroxylation sites is 1. The van der Waals surface area contributed by atoms with Gasteiger partial charge in [0.15, 0.2) is 0 Å². The van der Waals surface area contributed by atoms with Crippen LogP contribution < -0.4 is 14.8 Å². The Morgan fingerprint density at radius 3 is 2.46 bits per heavy atom. The molecule has 1 aliphatic heterocycles. The number of hydrogen-bond donors (Lipinski definition) is 1. The molecule has 0 saturated heterocycles. The van der Waals surface area contributed by atoms with Crippen molar-refractivity contribution in [3.63, 3.8) is 0 Å². The molecule has 1 heterocycles. The summed E-state index contributed by atoms with van der Waals surface area (Å²) in [5.74, 6) is 3.04. The standard InChI is InChI=1S/C25H35NO2/c1-5-25(6-2)17-21(23-9-7-8-10-24(23)28-25)18-26-15-16-27-22-13-11-20(12-14-22)19(3)4/h7-14,19,21,26H,5-6,15-18H2,1-4H3. The average molecular weight is 382 g/mol. The van der Waals surface area contributed by atoms with E-state index in [9.17, 15) is 0 Å². The molecule has 1 N–H and O–H groups in total. The molecule has 0 radical (unpaired) electrons. The first-order valence-electron chi connectivity index (χ1n) is 10.8. The monoisotopic (exact) mass is 381 g/mol. The van der Waals surface area contributed by atoms with E-state index in [1.807, 2.05) is 0 Å². The van der Waals surface area contributed by atoms with Crippen LogP contribution in [0.4, 0.5) is 0 Å². The number of rotatable bonds is 9. The van der Waals surface area contributed by atoms with E-state index >= 15 is 0 Å². The maximum atomic E-state index is 6.41. The van der Waals surface area contributed by atoms with E-state index in [0.717, 1.165) is 43.9 Å². The molecule has 0 spiro atoms. The highest BCUT2D eigenvalue weighted by Crippen LogP contribution is 2.43. The first-order chi connectivity index (χ1) is 13.6. The van der Waals surface area contributed by atoms with Gasteiger partial charge in [-0.2, -0.15) is 0 Å². The second-order valence-corrected chi connectivity index (χ2v) is 8.21. The van der Waals surface area contributed by atoms with E-state index in [2.05, 4.69) is 81.5 Å². The van der Waals surface area contributed by atoms with Gasteiger partial charge in [-0.05, 0) is 54.5 Å². The quantitative estimate of drug-likeness (QED) is 0.548. The Morgan fingerprint density at radius 1 is 1.07 bits per heavy atom. The Hall–Kier alpha value is -2.00. The van der Waals surface area contributed by atoms with Gasteiger partial charge < -0.3 is 14.8 Å². The van der Waals surface area contributed by atoms with Crippen molar-refractivity contribution in [2.75, 3.05) is 19.7 Å². The summed E-state index contributed by atoms with van der Waals surface area (Å²) < 4.78 is 12.3. The first kappa shape index (κ1) is 20.7. The molecule has 0 bridgehead atoms. The third-order valence-corrected chi connectivity index (χ3v) is 6.08. The van der Waals surface area contributed by atoms with Crippen LogP contribution in [0.2, 0.25) is 0 Å². The number of ether oxygens (including phenoxy) is 2. The van der Waals surface area contributed by atoms with Crippen LogP contribution in [0.3, 0.4) is 0 Å². The van der Waals surface area contributed by atoms with Crippen LogP contribution >= 0.6 is 0 Å². The summed E-state index contributed by atoms with van der Waals surface area (Å²) in [6.45, 7) is 11.4. The fourth-order valence-corrected chi connectivity index (χ4v) is 4.08. The van der Waals surface area contributed by atoms with Crippen LogP contribution in [0.25, 0.3) is 0 Å². The lowest BCUT2D eigenvalue weighted by molar-refractivity contribution is 0.0274. The van der Waals surface area contributed by atoms with E-state index in [1.54, 1.807) is 0 Å². The molecule has 0 saturated carbocycles. The Balaban J connectivity index is 1.51. The molecule has 0 aromatic heterocycles. The molecule has 2 aromatic carbocycles. The van der Waals surface area contributed by atoms with Gasteiger partial charge in [-0.3, -0.25) is 0 Å². The van der Waals surface area contributed by atoms with Gasteiger partial charge in [0.2, 0.25) is 0 Å². The maximum Gasteiger partial charge on any atom is 0.123 e. The van der Waals surface area contributed by atoms with Crippen LogP contribution in [-0.4, -0.2) is 25.3 Å². The van der Waals surface area contributed by atoms with Gasteiger partial charge in [0.05, 0.1) is 0 Å². The van der Waals surface area contributed by atoms with Gasteiger partial charge in [-0.1, -0.05) is 58.0 Å². The van der Waals surface area contributed by atoms with Crippen molar-refractivity contribution in [1.29, 1.82) is 0 Å². The lowest BCUT2D eigenvalue weighted by Gasteiger charge is -2.41. The van der Waals surface area contributed by atoms with E-state index in [-0.39, 0.29) is 5.60 Å². The molecule has 0 aliphatic carbocycles. The highest BCUT2D eigenvalue weighted by molar-refractivity contribution is 5.39. The summed E-state index contributed by atoms with van der Waals surface area (Å²) in [4.78, 5) is 0. The third kappa shape index (κ3) is 4.88. The molecule has 0 amide bonds. The lowest BCUT2D eigenvalue weighted by Crippen LogP contribution is -2.42. The smallest absolute Gasteiger partial charge is 0.123 e. The normalized spacial score (nSPS) is 17.8. The van der Waals surface area contributed by atoms with Gasteiger partial charge >= 0.3 is 0 Å². The number of nitrogens with one attached hydrogen (secondary N) is 1. The second-order valence-electron chi connectivity index (χ2n) is 8.21. The van der Waals surface area contributed by atoms with Crippen molar-refractivity contribution in [1.82, 2.24) is 5.32 Å². The fraction of sp³-hybridized carbons (Fsp3) is 0.520. The SMILES string of the molecule is CCC1(CC)CC(CNCCOc2ccc(C(C)C)cc2)c2ccccc2O1. The predicted molar refractivity (Wildman–Crippen MR) is 117 cm³/mol. The minimum Gasteiger partial charge on any atom is -0.492 e. The van der Waals surface area contributed by atoms with E-state index in [0.29, 0.717) is 18.4 Å². The zero-order valence-corrected chi connectivity index (χ0v) is 17.8. The Labute approximate surface area is 170 Å². The lowest BCUT2D eigenvalue weighted by atomic mass is 9.79. The zero-order valence-electron chi connectivity index (χ0n) is 17.8. The molecule has 3 rings (SSSR count). The first-order valence-corrected chi connectivity index (χ1v) is 10.8. The van der Waals surface area contributed by atoms with Crippen molar-refractivity contribution in [3.8, 4) is 11.5 Å². The molecule has 3 nitrogen and oxygen atoms in total. The molecule has 28 heavy (non-hydrogen) atoms. The number of benzene rings is 2. The van der Waals surface area contributed by atoms with Gasteiger partial charge in [0.1, 0.15) is 23.7 Å². The Kier molecular flexibility index (Phi) is 7.01. The summed E-state index contributed by atoms with van der Waals surface area (Å²) in [5, 5.41) is 3.60. The molecular formula is C25H35NO2. The highest BCUT2D eigenvalue weighted by Gasteiger charge is 2.37. The molecule has 1 atom stereocenters. The van der Waals surface area contributed by atoms with Crippen LogP contribution in [-0.2, 0) is 0 Å². The molecule has 1 unspecified atom stereocenters. The molecule has 2 aromatic rings. The highest BCUT2D eigenvalue weighted by atomic mass is 16.5. The van der Waals surface area contributed by atoms with Crippen molar-refractivity contribution < 1.29 is 9.47 Å². The number of hydrogen-bond acceptors (Lipinski definition) is 3. The van der Waals surface area contributed by atoms with Crippen molar-refractivity contribution in [2.45, 2.75) is 64.4 Å².